The van der Waals surface area contributed by atoms with Gasteiger partial charge in [-0.05, 0) is 34.5 Å². The molecule has 4 nitrogen and oxygen atoms in total. The van der Waals surface area contributed by atoms with Gasteiger partial charge in [-0.25, -0.2) is 0 Å². The average molecular weight is 334 g/mol. The highest BCUT2D eigenvalue weighted by Gasteiger charge is 2.30. The van der Waals surface area contributed by atoms with Crippen molar-refractivity contribution in [2.75, 3.05) is 14.2 Å². The number of carbonyl (C=O) groups is 1. The predicted molar refractivity (Wildman–Crippen MR) is 95.6 cm³/mol. The van der Waals surface area contributed by atoms with Crippen molar-refractivity contribution in [2.24, 2.45) is 0 Å². The molecule has 1 heterocycles. The zero-order valence-corrected chi connectivity index (χ0v) is 14.1. The summed E-state index contributed by atoms with van der Waals surface area (Å²) in [7, 11) is 3.22. The number of hydrogen-bond donors (Lipinski definition) is 0. The van der Waals surface area contributed by atoms with Crippen molar-refractivity contribution in [3.05, 3.63) is 65.7 Å². The van der Waals surface area contributed by atoms with Crippen molar-refractivity contribution in [3.63, 3.8) is 0 Å². The summed E-state index contributed by atoms with van der Waals surface area (Å²) >= 11 is 0. The standard InChI is InChI=1S/C21H18O4/c1-23-17-9-8-14(11-19(17)24-2)16-12-20(22)25-18-10-7-13-5-3-4-6-15(13)21(16)18/h3-11,16H,12H2,1-2H3. The molecule has 1 aliphatic heterocycles. The molecule has 1 atom stereocenters. The Balaban J connectivity index is 1.92. The third-order valence-corrected chi connectivity index (χ3v) is 4.68. The second-order valence-corrected chi connectivity index (χ2v) is 6.04. The first-order chi connectivity index (χ1) is 12.2. The minimum absolute atomic E-state index is 0.0813. The highest BCUT2D eigenvalue weighted by molar-refractivity contribution is 5.92. The van der Waals surface area contributed by atoms with Crippen molar-refractivity contribution in [3.8, 4) is 17.2 Å². The molecule has 0 N–H and O–H groups in total. The number of benzene rings is 3. The molecule has 1 unspecified atom stereocenters. The van der Waals surface area contributed by atoms with E-state index in [0.29, 0.717) is 23.7 Å². The maximum absolute atomic E-state index is 12.1. The molecule has 0 aromatic heterocycles. The van der Waals surface area contributed by atoms with Crippen LogP contribution >= 0.6 is 0 Å². The molecule has 0 amide bonds. The van der Waals surface area contributed by atoms with Crippen LogP contribution in [-0.4, -0.2) is 20.2 Å². The molecule has 0 saturated carbocycles. The van der Waals surface area contributed by atoms with Gasteiger partial charge in [0.05, 0.1) is 20.6 Å². The number of hydrogen-bond acceptors (Lipinski definition) is 4. The third-order valence-electron chi connectivity index (χ3n) is 4.68. The maximum atomic E-state index is 12.1. The zero-order chi connectivity index (χ0) is 17.4. The summed E-state index contributed by atoms with van der Waals surface area (Å²) < 4.78 is 16.2. The normalized spacial score (nSPS) is 16.2. The van der Waals surface area contributed by atoms with Gasteiger partial charge < -0.3 is 14.2 Å². The first kappa shape index (κ1) is 15.5. The maximum Gasteiger partial charge on any atom is 0.312 e. The summed E-state index contributed by atoms with van der Waals surface area (Å²) in [6.07, 6.45) is 0.302. The largest absolute Gasteiger partial charge is 0.493 e. The van der Waals surface area contributed by atoms with Crippen LogP contribution in [0.5, 0.6) is 17.2 Å². The van der Waals surface area contributed by atoms with Crippen LogP contribution in [0.15, 0.2) is 54.6 Å². The SMILES string of the molecule is COc1ccc(C2CC(=O)Oc3ccc4ccccc4c32)cc1OC. The molecule has 3 aromatic carbocycles. The van der Waals surface area contributed by atoms with Gasteiger partial charge in [-0.1, -0.05) is 36.4 Å². The van der Waals surface area contributed by atoms with Crippen LogP contribution < -0.4 is 14.2 Å². The molecule has 3 aromatic rings. The van der Waals surface area contributed by atoms with Crippen molar-refractivity contribution in [2.45, 2.75) is 12.3 Å². The van der Waals surface area contributed by atoms with Crippen LogP contribution in [0, 0.1) is 0 Å². The van der Waals surface area contributed by atoms with Gasteiger partial charge in [0.25, 0.3) is 0 Å². The summed E-state index contributed by atoms with van der Waals surface area (Å²) in [6, 6.07) is 17.8. The van der Waals surface area contributed by atoms with E-state index in [-0.39, 0.29) is 11.9 Å². The van der Waals surface area contributed by atoms with E-state index < -0.39 is 0 Å². The Morgan fingerprint density at radius 3 is 2.56 bits per heavy atom. The van der Waals surface area contributed by atoms with Crippen molar-refractivity contribution >= 4 is 16.7 Å². The van der Waals surface area contributed by atoms with Gasteiger partial charge in [0.2, 0.25) is 0 Å². The van der Waals surface area contributed by atoms with Crippen LogP contribution in [-0.2, 0) is 4.79 Å². The van der Waals surface area contributed by atoms with Crippen LogP contribution in [0.4, 0.5) is 0 Å². The van der Waals surface area contributed by atoms with Gasteiger partial charge in [-0.15, -0.1) is 0 Å². The molecular weight excluding hydrogens is 316 g/mol. The lowest BCUT2D eigenvalue weighted by Crippen LogP contribution is -2.21. The molecule has 126 valence electrons. The molecule has 0 bridgehead atoms. The molecule has 25 heavy (non-hydrogen) atoms. The summed E-state index contributed by atoms with van der Waals surface area (Å²) in [5.41, 5.74) is 2.05. The molecule has 4 heteroatoms. The Bertz CT molecular complexity index is 961. The lowest BCUT2D eigenvalue weighted by atomic mass is 9.83. The Hall–Kier alpha value is -3.01. The number of rotatable bonds is 3. The topological polar surface area (TPSA) is 44.8 Å². The Kier molecular flexibility index (Phi) is 3.80. The van der Waals surface area contributed by atoms with E-state index in [2.05, 4.69) is 12.1 Å². The Morgan fingerprint density at radius 2 is 1.76 bits per heavy atom. The van der Waals surface area contributed by atoms with Gasteiger partial charge in [0.15, 0.2) is 11.5 Å². The smallest absolute Gasteiger partial charge is 0.312 e. The average Bonchev–Trinajstić information content (AvgIpc) is 2.66. The van der Waals surface area contributed by atoms with E-state index in [1.807, 2.05) is 42.5 Å². The van der Waals surface area contributed by atoms with E-state index in [1.54, 1.807) is 14.2 Å². The van der Waals surface area contributed by atoms with Crippen LogP contribution in [0.2, 0.25) is 0 Å². The van der Waals surface area contributed by atoms with Crippen LogP contribution in [0.25, 0.3) is 10.8 Å². The van der Waals surface area contributed by atoms with E-state index in [1.165, 1.54) is 0 Å². The first-order valence-corrected chi connectivity index (χ1v) is 8.15. The molecular formula is C21H18O4. The van der Waals surface area contributed by atoms with Gasteiger partial charge in [-0.3, -0.25) is 4.79 Å². The highest BCUT2D eigenvalue weighted by Crippen LogP contribution is 2.44. The minimum Gasteiger partial charge on any atom is -0.493 e. The van der Waals surface area contributed by atoms with Crippen molar-refractivity contribution < 1.29 is 19.0 Å². The summed E-state index contributed by atoms with van der Waals surface area (Å²) in [6.45, 7) is 0. The van der Waals surface area contributed by atoms with E-state index >= 15 is 0 Å². The molecule has 0 aliphatic carbocycles. The van der Waals surface area contributed by atoms with E-state index in [4.69, 9.17) is 14.2 Å². The zero-order valence-electron chi connectivity index (χ0n) is 14.1. The van der Waals surface area contributed by atoms with Gasteiger partial charge in [-0.2, -0.15) is 0 Å². The third kappa shape index (κ3) is 2.60. The molecule has 4 rings (SSSR count). The van der Waals surface area contributed by atoms with Gasteiger partial charge >= 0.3 is 5.97 Å². The van der Waals surface area contributed by atoms with Crippen molar-refractivity contribution in [1.29, 1.82) is 0 Å². The van der Waals surface area contributed by atoms with E-state index in [9.17, 15) is 4.79 Å². The van der Waals surface area contributed by atoms with E-state index in [0.717, 1.165) is 21.9 Å². The fraction of sp³-hybridized carbons (Fsp3) is 0.190. The fourth-order valence-electron chi connectivity index (χ4n) is 3.51. The molecule has 0 fully saturated rings. The Morgan fingerprint density at radius 1 is 0.960 bits per heavy atom. The quantitative estimate of drug-likeness (QED) is 0.529. The first-order valence-electron chi connectivity index (χ1n) is 8.15. The van der Waals surface area contributed by atoms with Gasteiger partial charge in [0.1, 0.15) is 5.75 Å². The lowest BCUT2D eigenvalue weighted by molar-refractivity contribution is -0.135. The second kappa shape index (κ2) is 6.13. The minimum atomic E-state index is -0.220. The monoisotopic (exact) mass is 334 g/mol. The molecule has 0 spiro atoms. The lowest BCUT2D eigenvalue weighted by Gasteiger charge is -2.27. The summed E-state index contributed by atoms with van der Waals surface area (Å²) in [5, 5.41) is 2.23. The summed E-state index contributed by atoms with van der Waals surface area (Å²) in [5.74, 6) is 1.66. The molecule has 0 saturated heterocycles. The Labute approximate surface area is 145 Å². The number of methoxy groups -OCH3 is 2. The number of carbonyl (C=O) groups excluding carboxylic acids is 1. The molecule has 0 radical (unpaired) electrons. The summed E-state index contributed by atoms with van der Waals surface area (Å²) in [4.78, 5) is 12.1. The fourth-order valence-corrected chi connectivity index (χ4v) is 3.51. The van der Waals surface area contributed by atoms with Gasteiger partial charge in [0, 0.05) is 11.5 Å². The van der Waals surface area contributed by atoms with Crippen LogP contribution in [0.3, 0.4) is 0 Å². The molecule has 1 aliphatic rings. The highest BCUT2D eigenvalue weighted by atomic mass is 16.5. The second-order valence-electron chi connectivity index (χ2n) is 6.04. The number of esters is 1. The van der Waals surface area contributed by atoms with Crippen molar-refractivity contribution in [1.82, 2.24) is 0 Å². The predicted octanol–water partition coefficient (Wildman–Crippen LogP) is 4.30. The number of ether oxygens (including phenoxy) is 3. The number of fused-ring (bicyclic) bond motifs is 3. The van der Waals surface area contributed by atoms with Crippen LogP contribution in [0.1, 0.15) is 23.5 Å².